The standard InChI is InChI=1S/C20H19N3O3/c1-26-15-8-6-14(7-9-15)18-5-3-13-22(18)19-11-10-17-16(4-2-12-21-17)20(19)23(24)25/h2,4,6-12,18H,3,5,13H2,1H3. The Labute approximate surface area is 151 Å². The summed E-state index contributed by atoms with van der Waals surface area (Å²) >= 11 is 0. The highest BCUT2D eigenvalue weighted by molar-refractivity contribution is 5.94. The normalized spacial score (nSPS) is 16.8. The lowest BCUT2D eigenvalue weighted by Gasteiger charge is -2.27. The lowest BCUT2D eigenvalue weighted by Crippen LogP contribution is -2.23. The van der Waals surface area contributed by atoms with Crippen LogP contribution in [0.4, 0.5) is 11.4 Å². The lowest BCUT2D eigenvalue weighted by molar-refractivity contribution is -0.382. The van der Waals surface area contributed by atoms with E-state index in [1.807, 2.05) is 36.4 Å². The van der Waals surface area contributed by atoms with Crippen molar-refractivity contribution in [1.29, 1.82) is 0 Å². The van der Waals surface area contributed by atoms with Crippen molar-refractivity contribution in [2.24, 2.45) is 0 Å². The van der Waals surface area contributed by atoms with Crippen molar-refractivity contribution < 1.29 is 9.66 Å². The Bertz CT molecular complexity index is 956. The molecule has 26 heavy (non-hydrogen) atoms. The Morgan fingerprint density at radius 1 is 1.19 bits per heavy atom. The number of benzene rings is 2. The molecule has 1 atom stereocenters. The van der Waals surface area contributed by atoms with Gasteiger partial charge in [-0.2, -0.15) is 0 Å². The van der Waals surface area contributed by atoms with Crippen LogP contribution in [0.2, 0.25) is 0 Å². The van der Waals surface area contributed by atoms with Gasteiger partial charge >= 0.3 is 5.69 Å². The summed E-state index contributed by atoms with van der Waals surface area (Å²) in [7, 11) is 1.64. The Morgan fingerprint density at radius 3 is 2.73 bits per heavy atom. The average Bonchev–Trinajstić information content (AvgIpc) is 3.16. The third-order valence-corrected chi connectivity index (χ3v) is 4.98. The highest BCUT2D eigenvalue weighted by atomic mass is 16.6. The number of rotatable bonds is 4. The van der Waals surface area contributed by atoms with Gasteiger partial charge in [-0.25, -0.2) is 0 Å². The topological polar surface area (TPSA) is 68.5 Å². The summed E-state index contributed by atoms with van der Waals surface area (Å²) in [5, 5.41) is 12.4. The Kier molecular flexibility index (Phi) is 4.16. The van der Waals surface area contributed by atoms with Crippen LogP contribution in [-0.2, 0) is 0 Å². The lowest BCUT2D eigenvalue weighted by atomic mass is 10.0. The molecule has 0 spiro atoms. The van der Waals surface area contributed by atoms with Crippen molar-refractivity contribution in [2.45, 2.75) is 18.9 Å². The highest BCUT2D eigenvalue weighted by Crippen LogP contribution is 2.43. The fourth-order valence-electron chi connectivity index (χ4n) is 3.78. The zero-order chi connectivity index (χ0) is 18.1. The monoisotopic (exact) mass is 349 g/mol. The van der Waals surface area contributed by atoms with Gasteiger partial charge in [-0.3, -0.25) is 15.1 Å². The second kappa shape index (κ2) is 6.63. The van der Waals surface area contributed by atoms with Gasteiger partial charge in [0.1, 0.15) is 11.4 Å². The van der Waals surface area contributed by atoms with Crippen LogP contribution in [0.25, 0.3) is 10.9 Å². The van der Waals surface area contributed by atoms with Gasteiger partial charge in [0.05, 0.1) is 29.0 Å². The zero-order valence-corrected chi connectivity index (χ0v) is 14.5. The molecule has 1 aliphatic rings. The van der Waals surface area contributed by atoms with Crippen molar-refractivity contribution in [3.63, 3.8) is 0 Å². The zero-order valence-electron chi connectivity index (χ0n) is 14.5. The summed E-state index contributed by atoms with van der Waals surface area (Å²) in [6.45, 7) is 0.795. The number of nitro groups is 1. The molecule has 6 heteroatoms. The molecule has 0 amide bonds. The molecule has 0 aliphatic carbocycles. The van der Waals surface area contributed by atoms with E-state index < -0.39 is 0 Å². The Hall–Kier alpha value is -3.15. The molecule has 0 N–H and O–H groups in total. The summed E-state index contributed by atoms with van der Waals surface area (Å²) in [5.74, 6) is 0.807. The van der Waals surface area contributed by atoms with Crippen molar-refractivity contribution in [1.82, 2.24) is 4.98 Å². The number of aromatic nitrogens is 1. The number of nitro benzene ring substituents is 1. The molecule has 132 valence electrons. The smallest absolute Gasteiger partial charge is 0.301 e. The minimum absolute atomic E-state index is 0.119. The molecular weight excluding hydrogens is 330 g/mol. The third-order valence-electron chi connectivity index (χ3n) is 4.98. The SMILES string of the molecule is COc1ccc(C2CCCN2c2ccc3ncccc3c2[N+](=O)[O-])cc1. The number of nitrogens with zero attached hydrogens (tertiary/aromatic N) is 3. The van der Waals surface area contributed by atoms with E-state index in [9.17, 15) is 10.1 Å². The van der Waals surface area contributed by atoms with Crippen LogP contribution >= 0.6 is 0 Å². The van der Waals surface area contributed by atoms with E-state index in [4.69, 9.17) is 4.74 Å². The van der Waals surface area contributed by atoms with E-state index in [1.165, 1.54) is 0 Å². The van der Waals surface area contributed by atoms with E-state index in [2.05, 4.69) is 9.88 Å². The first-order valence-corrected chi connectivity index (χ1v) is 8.62. The quantitative estimate of drug-likeness (QED) is 0.513. The number of pyridine rings is 1. The van der Waals surface area contributed by atoms with Crippen molar-refractivity contribution in [3.8, 4) is 5.75 Å². The number of ether oxygens (including phenoxy) is 1. The molecule has 1 saturated heterocycles. The van der Waals surface area contributed by atoms with Gasteiger partial charge in [0.15, 0.2) is 0 Å². The Morgan fingerprint density at radius 2 is 2.00 bits per heavy atom. The molecular formula is C20H19N3O3. The molecule has 3 aromatic rings. The third kappa shape index (κ3) is 2.73. The van der Waals surface area contributed by atoms with E-state index in [0.717, 1.165) is 30.7 Å². The molecule has 1 aromatic heterocycles. The number of hydrogen-bond donors (Lipinski definition) is 0. The van der Waals surface area contributed by atoms with Gasteiger partial charge in [-0.1, -0.05) is 12.1 Å². The Balaban J connectivity index is 1.80. The minimum Gasteiger partial charge on any atom is -0.497 e. The number of hydrogen-bond acceptors (Lipinski definition) is 5. The number of anilines is 1. The average molecular weight is 349 g/mol. The van der Waals surface area contributed by atoms with Crippen LogP contribution in [0.15, 0.2) is 54.7 Å². The molecule has 2 heterocycles. The molecule has 1 aliphatic heterocycles. The van der Waals surface area contributed by atoms with Crippen LogP contribution < -0.4 is 9.64 Å². The maximum atomic E-state index is 11.9. The summed E-state index contributed by atoms with van der Waals surface area (Å²) in [5.41, 5.74) is 2.58. The van der Waals surface area contributed by atoms with E-state index in [-0.39, 0.29) is 16.7 Å². The predicted molar refractivity (Wildman–Crippen MR) is 101 cm³/mol. The first-order valence-electron chi connectivity index (χ1n) is 8.62. The van der Waals surface area contributed by atoms with Crippen LogP contribution in [0.3, 0.4) is 0 Å². The fraction of sp³-hybridized carbons (Fsp3) is 0.250. The molecule has 1 unspecified atom stereocenters. The predicted octanol–water partition coefficient (Wildman–Crippen LogP) is 4.49. The van der Waals surface area contributed by atoms with Crippen LogP contribution in [0.1, 0.15) is 24.4 Å². The summed E-state index contributed by atoms with van der Waals surface area (Å²) in [6, 6.07) is 15.3. The van der Waals surface area contributed by atoms with E-state index >= 15 is 0 Å². The molecule has 1 fully saturated rings. The van der Waals surface area contributed by atoms with Gasteiger partial charge in [0.2, 0.25) is 0 Å². The van der Waals surface area contributed by atoms with Gasteiger partial charge in [-0.15, -0.1) is 0 Å². The molecule has 2 aromatic carbocycles. The first kappa shape index (κ1) is 16.3. The maximum Gasteiger partial charge on any atom is 0.301 e. The minimum atomic E-state index is -0.289. The summed E-state index contributed by atoms with van der Waals surface area (Å²) in [6.07, 6.45) is 3.62. The molecule has 6 nitrogen and oxygen atoms in total. The van der Waals surface area contributed by atoms with Gasteiger partial charge in [-0.05, 0) is 54.8 Å². The van der Waals surface area contributed by atoms with Crippen LogP contribution in [0.5, 0.6) is 5.75 Å². The molecule has 0 bridgehead atoms. The second-order valence-corrected chi connectivity index (χ2v) is 6.39. The molecule has 4 rings (SSSR count). The van der Waals surface area contributed by atoms with E-state index in [0.29, 0.717) is 16.6 Å². The largest absolute Gasteiger partial charge is 0.497 e. The van der Waals surface area contributed by atoms with Crippen LogP contribution in [-0.4, -0.2) is 23.6 Å². The van der Waals surface area contributed by atoms with Crippen LogP contribution in [0, 0.1) is 10.1 Å². The number of fused-ring (bicyclic) bond motifs is 1. The summed E-state index contributed by atoms with van der Waals surface area (Å²) in [4.78, 5) is 18.0. The first-order chi connectivity index (χ1) is 12.7. The molecule has 0 saturated carbocycles. The van der Waals surface area contributed by atoms with Crippen molar-refractivity contribution in [3.05, 3.63) is 70.4 Å². The molecule has 0 radical (unpaired) electrons. The maximum absolute atomic E-state index is 11.9. The highest BCUT2D eigenvalue weighted by Gasteiger charge is 2.32. The number of methoxy groups -OCH3 is 1. The van der Waals surface area contributed by atoms with Gasteiger partial charge in [0.25, 0.3) is 0 Å². The van der Waals surface area contributed by atoms with Crippen molar-refractivity contribution >= 4 is 22.3 Å². The second-order valence-electron chi connectivity index (χ2n) is 6.39. The van der Waals surface area contributed by atoms with E-state index in [1.54, 1.807) is 25.4 Å². The fourth-order valence-corrected chi connectivity index (χ4v) is 3.78. The summed E-state index contributed by atoms with van der Waals surface area (Å²) < 4.78 is 5.23. The van der Waals surface area contributed by atoms with Crippen molar-refractivity contribution in [2.75, 3.05) is 18.6 Å². The van der Waals surface area contributed by atoms with Gasteiger partial charge in [0, 0.05) is 12.7 Å². The van der Waals surface area contributed by atoms with Gasteiger partial charge < -0.3 is 9.64 Å².